The first kappa shape index (κ1) is 20.3. The SMILES string of the molecule is CS(=O)(=O)Nc1ccc(SC2=NCc3ccccc3[N+]2(N)c2cc(C3CC3)n[nH]2)cc1. The monoisotopic (exact) mass is 455 g/mol. The molecule has 5 rings (SSSR count). The van der Waals surface area contributed by atoms with Crippen LogP contribution < -0.4 is 15.2 Å². The standard InChI is InChI=1S/C21H23N6O2S2/c1-31(28,29)26-16-8-10-17(11-9-16)30-21-23-13-15-4-2-3-5-19(15)27(21,22)20-12-18(24-25-20)14-6-7-14/h2-5,8-12,14,26H,6-7,13,22H2,1H3,(H,24,25)/q+1. The van der Waals surface area contributed by atoms with Gasteiger partial charge in [-0.2, -0.15) is 10.9 Å². The summed E-state index contributed by atoms with van der Waals surface area (Å²) in [6.07, 6.45) is 3.45. The highest BCUT2D eigenvalue weighted by Gasteiger charge is 2.44. The normalized spacial score (nSPS) is 20.8. The summed E-state index contributed by atoms with van der Waals surface area (Å²) in [6.45, 7) is 0.549. The molecule has 1 saturated carbocycles. The van der Waals surface area contributed by atoms with Crippen LogP contribution in [0.3, 0.4) is 0 Å². The molecule has 0 amide bonds. The Morgan fingerprint density at radius 2 is 1.90 bits per heavy atom. The minimum absolute atomic E-state index is 0.0795. The molecule has 2 heterocycles. The molecule has 0 radical (unpaired) electrons. The Bertz CT molecular complexity index is 1270. The third-order valence-corrected chi connectivity index (χ3v) is 7.10. The highest BCUT2D eigenvalue weighted by Crippen LogP contribution is 2.44. The molecule has 1 atom stereocenters. The number of fused-ring (bicyclic) bond motifs is 1. The predicted octanol–water partition coefficient (Wildman–Crippen LogP) is 3.83. The number of rotatable bonds is 5. The molecule has 1 unspecified atom stereocenters. The van der Waals surface area contributed by atoms with E-state index in [1.165, 1.54) is 11.8 Å². The highest BCUT2D eigenvalue weighted by molar-refractivity contribution is 8.14. The average Bonchev–Trinajstić information content (AvgIpc) is 3.47. The lowest BCUT2D eigenvalue weighted by Gasteiger charge is -2.33. The van der Waals surface area contributed by atoms with Gasteiger partial charge in [-0.25, -0.2) is 18.5 Å². The van der Waals surface area contributed by atoms with Gasteiger partial charge in [-0.3, -0.25) is 4.72 Å². The van der Waals surface area contributed by atoms with Crippen LogP contribution in [0.4, 0.5) is 17.2 Å². The quantitative estimate of drug-likeness (QED) is 0.400. The second kappa shape index (κ2) is 7.49. The van der Waals surface area contributed by atoms with Gasteiger partial charge in [0.05, 0.1) is 18.5 Å². The van der Waals surface area contributed by atoms with Gasteiger partial charge in [0.25, 0.3) is 11.0 Å². The lowest BCUT2D eigenvalue weighted by molar-refractivity contribution is 0.559. The van der Waals surface area contributed by atoms with E-state index in [2.05, 4.69) is 21.0 Å². The van der Waals surface area contributed by atoms with Crippen LogP contribution >= 0.6 is 11.8 Å². The van der Waals surface area contributed by atoms with Gasteiger partial charge in [-0.15, -0.1) is 4.59 Å². The maximum atomic E-state index is 11.5. The third-order valence-electron chi connectivity index (χ3n) is 5.38. The first-order valence-electron chi connectivity index (χ1n) is 9.95. The van der Waals surface area contributed by atoms with E-state index in [0.717, 1.165) is 46.8 Å². The van der Waals surface area contributed by atoms with Crippen LogP contribution in [0.2, 0.25) is 0 Å². The van der Waals surface area contributed by atoms with Crippen molar-refractivity contribution in [1.82, 2.24) is 14.8 Å². The van der Waals surface area contributed by atoms with Crippen LogP contribution in [0, 0.1) is 0 Å². The van der Waals surface area contributed by atoms with Gasteiger partial charge in [-0.05, 0) is 48.9 Å². The van der Waals surface area contributed by atoms with Gasteiger partial charge in [0.15, 0.2) is 5.69 Å². The number of amidine groups is 1. The summed E-state index contributed by atoms with van der Waals surface area (Å²) in [4.78, 5) is 5.72. The largest absolute Gasteiger partial charge is 0.295 e. The molecule has 2 aliphatic rings. The second-order valence-corrected chi connectivity index (χ2v) is 10.7. The van der Waals surface area contributed by atoms with Gasteiger partial charge in [-0.1, -0.05) is 18.2 Å². The number of para-hydroxylation sites is 1. The smallest absolute Gasteiger partial charge is 0.284 e. The Morgan fingerprint density at radius 1 is 1.16 bits per heavy atom. The number of aromatic nitrogens is 2. The summed E-state index contributed by atoms with van der Waals surface area (Å²) in [7, 11) is -3.32. The average molecular weight is 456 g/mol. The molecule has 1 aliphatic carbocycles. The molecule has 10 heteroatoms. The fourth-order valence-electron chi connectivity index (χ4n) is 3.70. The molecular formula is C21H23N6O2S2+. The minimum Gasteiger partial charge on any atom is -0.284 e. The van der Waals surface area contributed by atoms with Crippen LogP contribution in [0.15, 0.2) is 64.5 Å². The number of thioether (sulfide) groups is 1. The van der Waals surface area contributed by atoms with E-state index in [-0.39, 0.29) is 4.59 Å². The van der Waals surface area contributed by atoms with Crippen molar-refractivity contribution in [3.63, 3.8) is 0 Å². The number of anilines is 1. The van der Waals surface area contributed by atoms with E-state index < -0.39 is 10.0 Å². The van der Waals surface area contributed by atoms with Crippen molar-refractivity contribution in [3.8, 4) is 0 Å². The Balaban J connectivity index is 1.50. The van der Waals surface area contributed by atoms with Crippen molar-refractivity contribution in [3.05, 3.63) is 65.9 Å². The first-order chi connectivity index (χ1) is 14.8. The molecule has 3 aromatic rings. The number of hydrogen-bond donors (Lipinski definition) is 3. The maximum absolute atomic E-state index is 11.5. The van der Waals surface area contributed by atoms with Crippen molar-refractivity contribution in [2.45, 2.75) is 30.2 Å². The second-order valence-electron chi connectivity index (χ2n) is 7.90. The van der Waals surface area contributed by atoms with Crippen LogP contribution in [-0.4, -0.2) is 30.0 Å². The van der Waals surface area contributed by atoms with Crippen LogP contribution in [0.25, 0.3) is 0 Å². The Hall–Kier alpha value is -2.66. The molecule has 8 nitrogen and oxygen atoms in total. The molecule has 2 aromatic carbocycles. The Morgan fingerprint density at radius 3 is 2.61 bits per heavy atom. The van der Waals surface area contributed by atoms with E-state index in [1.807, 2.05) is 36.4 Å². The van der Waals surface area contributed by atoms with E-state index in [9.17, 15) is 8.42 Å². The van der Waals surface area contributed by atoms with Crippen LogP contribution in [0.1, 0.15) is 30.0 Å². The zero-order valence-electron chi connectivity index (χ0n) is 16.9. The number of aromatic amines is 1. The van der Waals surface area contributed by atoms with Crippen molar-refractivity contribution in [1.29, 1.82) is 0 Å². The summed E-state index contributed by atoms with van der Waals surface area (Å²) in [6, 6.07) is 17.3. The van der Waals surface area contributed by atoms with E-state index in [0.29, 0.717) is 23.3 Å². The topological polar surface area (TPSA) is 113 Å². The van der Waals surface area contributed by atoms with Crippen molar-refractivity contribution in [2.24, 2.45) is 10.8 Å². The lowest BCUT2D eigenvalue weighted by atomic mass is 10.1. The number of nitrogens with zero attached hydrogens (tertiary/aromatic N) is 3. The number of sulfonamides is 1. The van der Waals surface area contributed by atoms with Crippen molar-refractivity contribution in [2.75, 3.05) is 11.0 Å². The molecule has 160 valence electrons. The molecule has 31 heavy (non-hydrogen) atoms. The van der Waals surface area contributed by atoms with Gasteiger partial charge in [0.2, 0.25) is 10.0 Å². The summed E-state index contributed by atoms with van der Waals surface area (Å²) in [5.74, 6) is 8.34. The van der Waals surface area contributed by atoms with E-state index >= 15 is 0 Å². The number of benzene rings is 2. The Kier molecular flexibility index (Phi) is 4.89. The number of quaternary nitrogens is 1. The molecule has 0 bridgehead atoms. The zero-order valence-corrected chi connectivity index (χ0v) is 18.6. The Labute approximate surface area is 185 Å². The molecular weight excluding hydrogens is 432 g/mol. The van der Waals surface area contributed by atoms with Gasteiger partial charge < -0.3 is 0 Å². The van der Waals surface area contributed by atoms with Crippen LogP contribution in [-0.2, 0) is 16.6 Å². The summed E-state index contributed by atoms with van der Waals surface area (Å²) in [5, 5.41) is 8.38. The third kappa shape index (κ3) is 3.99. The van der Waals surface area contributed by atoms with E-state index in [1.54, 1.807) is 12.1 Å². The fraction of sp³-hybridized carbons (Fsp3) is 0.238. The summed E-state index contributed by atoms with van der Waals surface area (Å²) in [5.41, 5.74) is 3.59. The predicted molar refractivity (Wildman–Crippen MR) is 125 cm³/mol. The van der Waals surface area contributed by atoms with Crippen LogP contribution in [0.5, 0.6) is 0 Å². The van der Waals surface area contributed by atoms with Crippen molar-refractivity contribution >= 4 is 44.1 Å². The number of nitrogens with two attached hydrogens (primary N) is 1. The zero-order chi connectivity index (χ0) is 21.6. The number of nitrogens with one attached hydrogen (secondary N) is 2. The molecule has 1 aliphatic heterocycles. The fourth-order valence-corrected chi connectivity index (χ4v) is 5.22. The molecule has 1 aromatic heterocycles. The highest BCUT2D eigenvalue weighted by atomic mass is 32.2. The van der Waals surface area contributed by atoms with Gasteiger partial charge in [0, 0.05) is 34.2 Å². The molecule has 4 N–H and O–H groups in total. The van der Waals surface area contributed by atoms with E-state index in [4.69, 9.17) is 10.8 Å². The molecule has 0 saturated heterocycles. The lowest BCUT2D eigenvalue weighted by Crippen LogP contribution is -2.56. The molecule has 0 spiro atoms. The maximum Gasteiger partial charge on any atom is 0.295 e. The number of hydrogen-bond acceptors (Lipinski definition) is 6. The minimum atomic E-state index is -3.32. The summed E-state index contributed by atoms with van der Waals surface area (Å²) >= 11 is 1.46. The van der Waals surface area contributed by atoms with Gasteiger partial charge in [0.1, 0.15) is 0 Å². The first-order valence-corrected chi connectivity index (χ1v) is 12.7. The van der Waals surface area contributed by atoms with Crippen molar-refractivity contribution < 1.29 is 8.42 Å². The number of aliphatic imine (C=N–C) groups is 1. The number of H-pyrrole nitrogens is 1. The molecule has 1 fully saturated rings. The van der Waals surface area contributed by atoms with Gasteiger partial charge >= 0.3 is 0 Å². The summed E-state index contributed by atoms with van der Waals surface area (Å²) < 4.78 is 25.3.